The highest BCUT2D eigenvalue weighted by molar-refractivity contribution is 14.0. The number of carbonyl (C=O) groups is 1. The van der Waals surface area contributed by atoms with E-state index in [1.54, 1.807) is 18.4 Å². The first kappa shape index (κ1) is 24.7. The Balaban J connectivity index is 0.00000392. The molecule has 0 saturated heterocycles. The molecule has 3 N–H and O–H groups in total. The Kier molecular flexibility index (Phi) is 11.5. The smallest absolute Gasteiger partial charge is 0.226 e. The summed E-state index contributed by atoms with van der Waals surface area (Å²) < 4.78 is 0. The van der Waals surface area contributed by atoms with Gasteiger partial charge in [0, 0.05) is 31.4 Å². The molecule has 1 aromatic carbocycles. The third-order valence-electron chi connectivity index (χ3n) is 4.01. The molecule has 1 heterocycles. The number of halogens is 2. The van der Waals surface area contributed by atoms with E-state index in [2.05, 4.69) is 45.4 Å². The topological polar surface area (TPSA) is 65.5 Å². The molecule has 1 aromatic heterocycles. The summed E-state index contributed by atoms with van der Waals surface area (Å²) in [6.07, 6.45) is 1.37. The molecular weight excluding hydrogens is 507 g/mol. The predicted molar refractivity (Wildman–Crippen MR) is 131 cm³/mol. The van der Waals surface area contributed by atoms with Crippen LogP contribution in [0.1, 0.15) is 23.8 Å². The molecule has 0 aliphatic heterocycles. The van der Waals surface area contributed by atoms with Crippen LogP contribution in [0.15, 0.2) is 40.7 Å². The van der Waals surface area contributed by atoms with Crippen LogP contribution in [0.5, 0.6) is 0 Å². The number of hydrogen-bond donors (Lipinski definition) is 3. The van der Waals surface area contributed by atoms with E-state index in [-0.39, 0.29) is 29.9 Å². The first-order valence-electron chi connectivity index (χ1n) is 9.01. The van der Waals surface area contributed by atoms with Gasteiger partial charge in [0.25, 0.3) is 0 Å². The molecule has 2 rings (SSSR count). The van der Waals surface area contributed by atoms with E-state index in [1.807, 2.05) is 25.1 Å². The monoisotopic (exact) mass is 534 g/mol. The van der Waals surface area contributed by atoms with Crippen LogP contribution in [0.25, 0.3) is 0 Å². The number of guanidine groups is 1. The van der Waals surface area contributed by atoms with Crippen molar-refractivity contribution >= 4 is 64.5 Å². The normalized spacial score (nSPS) is 12.1. The van der Waals surface area contributed by atoms with Crippen LogP contribution < -0.4 is 16.0 Å². The van der Waals surface area contributed by atoms with Crippen LogP contribution in [0.3, 0.4) is 0 Å². The second-order valence-electron chi connectivity index (χ2n) is 6.55. The maximum atomic E-state index is 12.1. The molecule has 1 amide bonds. The maximum absolute atomic E-state index is 12.1. The highest BCUT2D eigenvalue weighted by Gasteiger charge is 2.08. The fourth-order valence-corrected chi connectivity index (χ4v) is 3.72. The van der Waals surface area contributed by atoms with E-state index in [1.165, 1.54) is 4.88 Å². The van der Waals surface area contributed by atoms with Gasteiger partial charge in [-0.05, 0) is 48.4 Å². The highest BCUT2D eigenvalue weighted by Crippen LogP contribution is 2.22. The van der Waals surface area contributed by atoms with Crippen LogP contribution in [0, 0.1) is 12.8 Å². The standard InChI is InChI=1S/C20H27ClN4OS.HI/c1-14-6-7-18(17(21)12-14)25-19(26)8-9-23-20(22-3)24-13-15(2)11-16-5-4-10-27-16;/h4-7,10,12,15H,8-9,11,13H2,1-3H3,(H,25,26)(H2,22,23,24);1H. The zero-order valence-corrected chi connectivity index (χ0v) is 20.3. The number of rotatable bonds is 8. The molecule has 0 saturated carbocycles. The van der Waals surface area contributed by atoms with E-state index >= 15 is 0 Å². The number of hydrogen-bond acceptors (Lipinski definition) is 3. The van der Waals surface area contributed by atoms with Crippen molar-refractivity contribution in [2.24, 2.45) is 10.9 Å². The Hall–Kier alpha value is -1.32. The van der Waals surface area contributed by atoms with Gasteiger partial charge in [0.05, 0.1) is 10.7 Å². The van der Waals surface area contributed by atoms with Crippen LogP contribution in [0.4, 0.5) is 5.69 Å². The first-order chi connectivity index (χ1) is 13.0. The van der Waals surface area contributed by atoms with E-state index in [4.69, 9.17) is 11.6 Å². The van der Waals surface area contributed by atoms with Gasteiger partial charge >= 0.3 is 0 Å². The number of aryl methyl sites for hydroxylation is 1. The van der Waals surface area contributed by atoms with Gasteiger partial charge in [-0.2, -0.15) is 0 Å². The summed E-state index contributed by atoms with van der Waals surface area (Å²) in [6, 6.07) is 9.81. The van der Waals surface area contributed by atoms with Crippen molar-refractivity contribution in [1.82, 2.24) is 10.6 Å². The zero-order valence-electron chi connectivity index (χ0n) is 16.4. The number of aliphatic imine (C=N–C) groups is 1. The molecule has 8 heteroatoms. The molecule has 0 aliphatic carbocycles. The molecule has 2 aromatic rings. The van der Waals surface area contributed by atoms with E-state index < -0.39 is 0 Å². The van der Waals surface area contributed by atoms with Crippen LogP contribution in [-0.4, -0.2) is 32.0 Å². The lowest BCUT2D eigenvalue weighted by atomic mass is 10.1. The predicted octanol–water partition coefficient (Wildman–Crippen LogP) is 4.70. The van der Waals surface area contributed by atoms with Gasteiger partial charge in [0.15, 0.2) is 5.96 Å². The van der Waals surface area contributed by atoms with Crippen molar-refractivity contribution in [2.75, 3.05) is 25.5 Å². The van der Waals surface area contributed by atoms with Gasteiger partial charge in [-0.25, -0.2) is 0 Å². The lowest BCUT2D eigenvalue weighted by Crippen LogP contribution is -2.40. The molecule has 0 spiro atoms. The number of anilines is 1. The number of nitrogens with zero attached hydrogens (tertiary/aromatic N) is 1. The second kappa shape index (κ2) is 13.0. The molecule has 1 unspecified atom stereocenters. The number of benzene rings is 1. The molecule has 154 valence electrons. The molecule has 0 fully saturated rings. The second-order valence-corrected chi connectivity index (χ2v) is 7.99. The summed E-state index contributed by atoms with van der Waals surface area (Å²) >= 11 is 7.93. The van der Waals surface area contributed by atoms with E-state index in [0.29, 0.717) is 35.6 Å². The summed E-state index contributed by atoms with van der Waals surface area (Å²) in [5, 5.41) is 12.0. The third kappa shape index (κ3) is 8.79. The fourth-order valence-electron chi connectivity index (χ4n) is 2.56. The molecule has 5 nitrogen and oxygen atoms in total. The highest BCUT2D eigenvalue weighted by atomic mass is 127. The summed E-state index contributed by atoms with van der Waals surface area (Å²) in [6.45, 7) is 5.48. The average Bonchev–Trinajstić information content (AvgIpc) is 3.13. The molecule has 1 atom stereocenters. The van der Waals surface area contributed by atoms with Gasteiger partial charge in [-0.1, -0.05) is 30.7 Å². The van der Waals surface area contributed by atoms with Gasteiger partial charge in [0.1, 0.15) is 0 Å². The van der Waals surface area contributed by atoms with Crippen LogP contribution in [0.2, 0.25) is 5.02 Å². The Morgan fingerprint density at radius 2 is 2.07 bits per heavy atom. The molecule has 0 aliphatic rings. The lowest BCUT2D eigenvalue weighted by Gasteiger charge is -2.15. The van der Waals surface area contributed by atoms with Gasteiger partial charge in [-0.3, -0.25) is 9.79 Å². The summed E-state index contributed by atoms with van der Waals surface area (Å²) in [7, 11) is 1.73. The maximum Gasteiger partial charge on any atom is 0.226 e. The van der Waals surface area contributed by atoms with Gasteiger partial charge in [-0.15, -0.1) is 35.3 Å². The number of amides is 1. The third-order valence-corrected chi connectivity index (χ3v) is 5.23. The van der Waals surface area contributed by atoms with E-state index in [9.17, 15) is 4.79 Å². The minimum absolute atomic E-state index is 0. The van der Waals surface area contributed by atoms with Crippen molar-refractivity contribution in [3.63, 3.8) is 0 Å². The quantitative estimate of drug-likeness (QED) is 0.261. The fraction of sp³-hybridized carbons (Fsp3) is 0.400. The van der Waals surface area contributed by atoms with Crippen LogP contribution >= 0.6 is 46.9 Å². The van der Waals surface area contributed by atoms with E-state index in [0.717, 1.165) is 18.5 Å². The molecule has 28 heavy (non-hydrogen) atoms. The van der Waals surface area contributed by atoms with Crippen molar-refractivity contribution < 1.29 is 4.79 Å². The average molecular weight is 535 g/mol. The van der Waals surface area contributed by atoms with Crippen LogP contribution in [-0.2, 0) is 11.2 Å². The first-order valence-corrected chi connectivity index (χ1v) is 10.3. The molecule has 0 radical (unpaired) electrons. The number of thiophene rings is 1. The minimum atomic E-state index is -0.0882. The van der Waals surface area contributed by atoms with Crippen molar-refractivity contribution in [1.29, 1.82) is 0 Å². The van der Waals surface area contributed by atoms with Crippen molar-refractivity contribution in [3.05, 3.63) is 51.2 Å². The number of nitrogens with one attached hydrogen (secondary N) is 3. The largest absolute Gasteiger partial charge is 0.356 e. The Morgan fingerprint density at radius 1 is 1.29 bits per heavy atom. The SMILES string of the molecule is CN=C(NCCC(=O)Nc1ccc(C)cc1Cl)NCC(C)Cc1cccs1.I. The molecular formula is C20H28ClIN4OS. The lowest BCUT2D eigenvalue weighted by molar-refractivity contribution is -0.116. The summed E-state index contributed by atoms with van der Waals surface area (Å²) in [5.74, 6) is 1.11. The molecule has 0 bridgehead atoms. The van der Waals surface area contributed by atoms with Crippen molar-refractivity contribution in [3.8, 4) is 0 Å². The summed E-state index contributed by atoms with van der Waals surface area (Å²) in [4.78, 5) is 17.7. The van der Waals surface area contributed by atoms with Gasteiger partial charge in [0.2, 0.25) is 5.91 Å². The minimum Gasteiger partial charge on any atom is -0.356 e. The van der Waals surface area contributed by atoms with Gasteiger partial charge < -0.3 is 16.0 Å². The Bertz CT molecular complexity index is 768. The van der Waals surface area contributed by atoms with Crippen molar-refractivity contribution in [2.45, 2.75) is 26.7 Å². The Morgan fingerprint density at radius 3 is 2.71 bits per heavy atom. The zero-order chi connectivity index (χ0) is 19.6. The summed E-state index contributed by atoms with van der Waals surface area (Å²) in [5.41, 5.74) is 1.69. The number of carbonyl (C=O) groups excluding carboxylic acids is 1. The Labute approximate surface area is 193 Å².